The van der Waals surface area contributed by atoms with Crippen LogP contribution in [-0.2, 0) is 11.2 Å². The molecular weight excluding hydrogens is 238 g/mol. The number of aldehydes is 1. The molecule has 0 spiro atoms. The van der Waals surface area contributed by atoms with Gasteiger partial charge in [0.05, 0.1) is 0 Å². The highest BCUT2D eigenvalue weighted by Crippen LogP contribution is 2.23. The van der Waals surface area contributed by atoms with Crippen LogP contribution in [0.25, 0.3) is 5.57 Å². The molecule has 0 aliphatic rings. The topological polar surface area (TPSA) is 95.1 Å². The minimum absolute atomic E-state index is 0.771. The van der Waals surface area contributed by atoms with E-state index in [4.69, 9.17) is 5.73 Å². The first-order valence-electron chi connectivity index (χ1n) is 6.45. The van der Waals surface area contributed by atoms with E-state index in [1.807, 2.05) is 45.9 Å². The van der Waals surface area contributed by atoms with Gasteiger partial charge in [-0.2, -0.15) is 0 Å². The van der Waals surface area contributed by atoms with Crippen molar-refractivity contribution in [2.45, 2.75) is 41.0 Å². The lowest BCUT2D eigenvalue weighted by molar-refractivity contribution is -0.104. The largest absolute Gasteiger partial charge is 0.399 e. The molecule has 0 heterocycles. The van der Waals surface area contributed by atoms with Gasteiger partial charge in [-0.1, -0.05) is 26.8 Å². The Balaban J connectivity index is 0. The zero-order valence-electron chi connectivity index (χ0n) is 12.7. The molecule has 0 atom stereocenters. The van der Waals surface area contributed by atoms with E-state index in [9.17, 15) is 4.79 Å². The monoisotopic (exact) mass is 265 g/mol. The molecule has 0 unspecified atom stereocenters. The molecule has 1 aromatic carbocycles. The highest BCUT2D eigenvalue weighted by molar-refractivity contribution is 5.87. The molecule has 0 bridgehead atoms. The molecule has 4 heteroatoms. The third kappa shape index (κ3) is 6.18. The normalized spacial score (nSPS) is 10.3. The van der Waals surface area contributed by atoms with Gasteiger partial charge in [0.25, 0.3) is 0 Å². The number of hydrogen-bond donors (Lipinski definition) is 3. The summed E-state index contributed by atoms with van der Waals surface area (Å²) >= 11 is 0. The van der Waals surface area contributed by atoms with Crippen LogP contribution in [0.5, 0.6) is 0 Å². The van der Waals surface area contributed by atoms with Gasteiger partial charge >= 0.3 is 0 Å². The van der Waals surface area contributed by atoms with Crippen molar-refractivity contribution >= 4 is 17.5 Å². The second kappa shape index (κ2) is 11.4. The molecule has 0 aromatic heterocycles. The van der Waals surface area contributed by atoms with Crippen LogP contribution in [-0.4, -0.2) is 6.29 Å². The standard InChI is InChI=1S/C13H17NO.C2H6.H4N2/c1-4-11-7-12(14)5-6-13(11)10(3)9(2)8-15;2*1-2/h5-8H,4,14H2,1-3H3;1-2H3;1-2H2/b10-9-;;. The summed E-state index contributed by atoms with van der Waals surface area (Å²) in [6.07, 6.45) is 1.81. The summed E-state index contributed by atoms with van der Waals surface area (Å²) in [5.41, 5.74) is 10.6. The average Bonchev–Trinajstić information content (AvgIpc) is 2.49. The summed E-state index contributed by atoms with van der Waals surface area (Å²) in [6, 6.07) is 5.82. The quantitative estimate of drug-likeness (QED) is 0.257. The highest BCUT2D eigenvalue weighted by Gasteiger charge is 2.05. The molecule has 1 rings (SSSR count). The van der Waals surface area contributed by atoms with E-state index in [1.54, 1.807) is 0 Å². The van der Waals surface area contributed by atoms with E-state index in [2.05, 4.69) is 18.6 Å². The molecule has 0 radical (unpaired) electrons. The Labute approximate surface area is 116 Å². The number of allylic oxidation sites excluding steroid dienone is 2. The number of nitrogen functional groups attached to an aromatic ring is 1. The molecule has 19 heavy (non-hydrogen) atoms. The Bertz CT molecular complexity index is 412. The van der Waals surface area contributed by atoms with Crippen LogP contribution < -0.4 is 17.4 Å². The van der Waals surface area contributed by atoms with Crippen LogP contribution in [0.1, 0.15) is 45.7 Å². The molecule has 6 N–H and O–H groups in total. The SMILES string of the molecule is CC.CCc1cc(N)ccc1/C(C)=C(/C)C=O.NN. The second-order valence-electron chi connectivity index (χ2n) is 3.70. The maximum atomic E-state index is 10.7. The minimum atomic E-state index is 0.771. The number of benzene rings is 1. The van der Waals surface area contributed by atoms with E-state index < -0.39 is 0 Å². The van der Waals surface area contributed by atoms with Crippen LogP contribution in [0.2, 0.25) is 0 Å². The fourth-order valence-electron chi connectivity index (χ4n) is 1.57. The minimum Gasteiger partial charge on any atom is -0.399 e. The van der Waals surface area contributed by atoms with Gasteiger partial charge in [0.1, 0.15) is 6.29 Å². The lowest BCUT2D eigenvalue weighted by Gasteiger charge is -2.10. The number of carbonyl (C=O) groups is 1. The van der Waals surface area contributed by atoms with Crippen LogP contribution in [0.3, 0.4) is 0 Å². The third-order valence-corrected chi connectivity index (χ3v) is 2.68. The molecule has 0 aliphatic heterocycles. The van der Waals surface area contributed by atoms with E-state index in [0.717, 1.165) is 35.1 Å². The summed E-state index contributed by atoms with van der Waals surface area (Å²) in [4.78, 5) is 10.7. The van der Waals surface area contributed by atoms with Crippen molar-refractivity contribution in [2.75, 3.05) is 5.73 Å². The summed E-state index contributed by atoms with van der Waals surface area (Å²) < 4.78 is 0. The molecule has 108 valence electrons. The van der Waals surface area contributed by atoms with E-state index in [1.165, 1.54) is 5.56 Å². The van der Waals surface area contributed by atoms with Crippen molar-refractivity contribution in [1.82, 2.24) is 0 Å². The first kappa shape index (κ1) is 19.7. The van der Waals surface area contributed by atoms with Crippen LogP contribution in [0.4, 0.5) is 5.69 Å². The zero-order chi connectivity index (χ0) is 15.4. The lowest BCUT2D eigenvalue weighted by Crippen LogP contribution is -2.02. The highest BCUT2D eigenvalue weighted by atomic mass is 16.1. The Morgan fingerprint density at radius 3 is 2.16 bits per heavy atom. The lowest BCUT2D eigenvalue weighted by atomic mass is 9.96. The van der Waals surface area contributed by atoms with Gasteiger partial charge < -0.3 is 5.73 Å². The van der Waals surface area contributed by atoms with Gasteiger partial charge in [-0.25, -0.2) is 0 Å². The predicted octanol–water partition coefficient (Wildman–Crippen LogP) is 2.67. The van der Waals surface area contributed by atoms with E-state index in [-0.39, 0.29) is 0 Å². The summed E-state index contributed by atoms with van der Waals surface area (Å²) in [7, 11) is 0. The van der Waals surface area contributed by atoms with Gasteiger partial charge in [0.2, 0.25) is 0 Å². The molecule has 0 amide bonds. The van der Waals surface area contributed by atoms with E-state index in [0.29, 0.717) is 0 Å². The first-order valence-corrected chi connectivity index (χ1v) is 6.45. The summed E-state index contributed by atoms with van der Waals surface area (Å²) in [6.45, 7) is 9.88. The molecule has 4 nitrogen and oxygen atoms in total. The van der Waals surface area contributed by atoms with Gasteiger partial charge in [0, 0.05) is 5.69 Å². The third-order valence-electron chi connectivity index (χ3n) is 2.68. The number of anilines is 1. The van der Waals surface area contributed by atoms with E-state index >= 15 is 0 Å². The number of hydrazine groups is 1. The summed E-state index contributed by atoms with van der Waals surface area (Å²) in [5, 5.41) is 0. The first-order chi connectivity index (χ1) is 9.10. The average molecular weight is 265 g/mol. The predicted molar refractivity (Wildman–Crippen MR) is 84.3 cm³/mol. The zero-order valence-corrected chi connectivity index (χ0v) is 12.7. The van der Waals surface area contributed by atoms with Gasteiger partial charge in [0.15, 0.2) is 0 Å². The van der Waals surface area contributed by atoms with Crippen LogP contribution >= 0.6 is 0 Å². The molecule has 0 saturated carbocycles. The van der Waals surface area contributed by atoms with Crippen LogP contribution in [0.15, 0.2) is 23.8 Å². The molecular formula is C15H27N3O. The fourth-order valence-corrected chi connectivity index (χ4v) is 1.57. The second-order valence-corrected chi connectivity index (χ2v) is 3.70. The maximum Gasteiger partial charge on any atom is 0.146 e. The van der Waals surface area contributed by atoms with Crippen molar-refractivity contribution < 1.29 is 4.79 Å². The smallest absolute Gasteiger partial charge is 0.146 e. The van der Waals surface area contributed by atoms with Crippen LogP contribution in [0, 0.1) is 0 Å². The fraction of sp³-hybridized carbons (Fsp3) is 0.400. The number of carbonyl (C=O) groups excluding carboxylic acids is 1. The molecule has 0 fully saturated rings. The molecule has 1 aromatic rings. The van der Waals surface area contributed by atoms with Crippen molar-refractivity contribution in [3.63, 3.8) is 0 Å². The Morgan fingerprint density at radius 2 is 1.74 bits per heavy atom. The number of nitrogens with two attached hydrogens (primary N) is 3. The summed E-state index contributed by atoms with van der Waals surface area (Å²) in [5.74, 6) is 8.00. The number of hydrogen-bond acceptors (Lipinski definition) is 4. The van der Waals surface area contributed by atoms with Gasteiger partial charge in [-0.05, 0) is 54.7 Å². The van der Waals surface area contributed by atoms with Gasteiger partial charge in [-0.3, -0.25) is 16.5 Å². The van der Waals surface area contributed by atoms with Crippen molar-refractivity contribution in [2.24, 2.45) is 11.7 Å². The number of aryl methyl sites for hydroxylation is 1. The van der Waals surface area contributed by atoms with Crippen molar-refractivity contribution in [3.05, 3.63) is 34.9 Å². The van der Waals surface area contributed by atoms with Crippen molar-refractivity contribution in [1.29, 1.82) is 0 Å². The molecule has 0 saturated heterocycles. The Kier molecular flexibility index (Phi) is 11.9. The van der Waals surface area contributed by atoms with Gasteiger partial charge in [-0.15, -0.1) is 0 Å². The Morgan fingerprint density at radius 1 is 1.21 bits per heavy atom. The van der Waals surface area contributed by atoms with Crippen molar-refractivity contribution in [3.8, 4) is 0 Å². The number of rotatable bonds is 3. The maximum absolute atomic E-state index is 10.7. The Hall–Kier alpha value is -1.65. The molecule has 0 aliphatic carbocycles.